The number of thiazole rings is 1. The third-order valence-electron chi connectivity index (χ3n) is 2.39. The second-order valence-corrected chi connectivity index (χ2v) is 5.12. The zero-order valence-corrected chi connectivity index (χ0v) is 11.1. The Hall–Kier alpha value is -0.850. The van der Waals surface area contributed by atoms with E-state index in [4.69, 9.17) is 5.73 Å². The third-order valence-corrected chi connectivity index (χ3v) is 3.61. The van der Waals surface area contributed by atoms with Gasteiger partial charge in [-0.15, -0.1) is 11.3 Å². The standard InChI is InChI=1S/C11H9BrF2N2S/c12-7-1-2-8(13)6(11(7)14)3-9(15)10-4-17-5-16-10/h1-2,4-5,9H,3,15H2. The average molecular weight is 319 g/mol. The van der Waals surface area contributed by atoms with Crippen LogP contribution in [-0.2, 0) is 6.42 Å². The Balaban J connectivity index is 2.27. The Bertz CT molecular complexity index is 516. The van der Waals surface area contributed by atoms with Crippen LogP contribution in [0, 0.1) is 11.6 Å². The van der Waals surface area contributed by atoms with Gasteiger partial charge in [-0.25, -0.2) is 13.8 Å². The molecule has 0 saturated carbocycles. The highest BCUT2D eigenvalue weighted by molar-refractivity contribution is 9.10. The Morgan fingerprint density at radius 1 is 1.41 bits per heavy atom. The molecule has 17 heavy (non-hydrogen) atoms. The van der Waals surface area contributed by atoms with Crippen molar-refractivity contribution in [1.29, 1.82) is 0 Å². The Labute approximate surface area is 110 Å². The Kier molecular flexibility index (Phi) is 3.86. The van der Waals surface area contributed by atoms with Gasteiger partial charge in [0.05, 0.1) is 21.7 Å². The van der Waals surface area contributed by atoms with Crippen molar-refractivity contribution in [3.63, 3.8) is 0 Å². The van der Waals surface area contributed by atoms with Gasteiger partial charge >= 0.3 is 0 Å². The van der Waals surface area contributed by atoms with Crippen LogP contribution in [-0.4, -0.2) is 4.98 Å². The van der Waals surface area contributed by atoms with Crippen molar-refractivity contribution in [2.75, 3.05) is 0 Å². The van der Waals surface area contributed by atoms with Gasteiger partial charge < -0.3 is 5.73 Å². The normalized spacial score (nSPS) is 12.7. The van der Waals surface area contributed by atoms with Crippen molar-refractivity contribution in [1.82, 2.24) is 4.98 Å². The zero-order chi connectivity index (χ0) is 12.4. The molecule has 0 bridgehead atoms. The van der Waals surface area contributed by atoms with Gasteiger partial charge in [-0.1, -0.05) is 0 Å². The third kappa shape index (κ3) is 2.70. The highest BCUT2D eigenvalue weighted by atomic mass is 79.9. The van der Waals surface area contributed by atoms with Crippen LogP contribution in [0.1, 0.15) is 17.3 Å². The number of hydrogen-bond donors (Lipinski definition) is 1. The van der Waals surface area contributed by atoms with Gasteiger partial charge in [0, 0.05) is 10.9 Å². The number of benzene rings is 1. The highest BCUT2D eigenvalue weighted by Crippen LogP contribution is 2.25. The molecule has 0 aliphatic carbocycles. The van der Waals surface area contributed by atoms with E-state index in [1.165, 1.54) is 23.5 Å². The minimum absolute atomic E-state index is 0.0140. The molecule has 6 heteroatoms. The Morgan fingerprint density at radius 3 is 2.82 bits per heavy atom. The Morgan fingerprint density at radius 2 is 2.18 bits per heavy atom. The molecule has 1 aromatic carbocycles. The molecule has 0 saturated heterocycles. The summed E-state index contributed by atoms with van der Waals surface area (Å²) in [5.41, 5.74) is 8.13. The first kappa shape index (κ1) is 12.6. The fraction of sp³-hybridized carbons (Fsp3) is 0.182. The predicted octanol–water partition coefficient (Wildman–Crippen LogP) is 3.43. The van der Waals surface area contributed by atoms with Crippen molar-refractivity contribution in [3.05, 3.63) is 50.4 Å². The largest absolute Gasteiger partial charge is 0.322 e. The second-order valence-electron chi connectivity index (χ2n) is 3.55. The zero-order valence-electron chi connectivity index (χ0n) is 8.66. The molecule has 90 valence electrons. The number of nitrogens with zero attached hydrogens (tertiary/aromatic N) is 1. The fourth-order valence-electron chi connectivity index (χ4n) is 1.49. The van der Waals surface area contributed by atoms with Crippen LogP contribution >= 0.6 is 27.3 Å². The number of hydrogen-bond acceptors (Lipinski definition) is 3. The fourth-order valence-corrected chi connectivity index (χ4v) is 2.48. The van der Waals surface area contributed by atoms with E-state index in [0.29, 0.717) is 5.69 Å². The van der Waals surface area contributed by atoms with Gasteiger partial charge in [-0.2, -0.15) is 0 Å². The summed E-state index contributed by atoms with van der Waals surface area (Å²) >= 11 is 4.42. The average Bonchev–Trinajstić information content (AvgIpc) is 2.83. The molecule has 2 N–H and O–H groups in total. The molecule has 1 heterocycles. The summed E-state index contributed by atoms with van der Waals surface area (Å²) in [7, 11) is 0. The summed E-state index contributed by atoms with van der Waals surface area (Å²) in [6.45, 7) is 0. The van der Waals surface area contributed by atoms with Crippen LogP contribution in [0.25, 0.3) is 0 Å². The summed E-state index contributed by atoms with van der Waals surface area (Å²) in [6.07, 6.45) is 0.0842. The maximum absolute atomic E-state index is 13.7. The van der Waals surface area contributed by atoms with Crippen LogP contribution < -0.4 is 5.73 Å². The van der Waals surface area contributed by atoms with E-state index in [1.54, 1.807) is 10.9 Å². The van der Waals surface area contributed by atoms with Crippen molar-refractivity contribution in [2.45, 2.75) is 12.5 Å². The maximum Gasteiger partial charge on any atom is 0.143 e. The molecule has 1 aromatic heterocycles. The monoisotopic (exact) mass is 318 g/mol. The smallest absolute Gasteiger partial charge is 0.143 e. The van der Waals surface area contributed by atoms with E-state index in [1.807, 2.05) is 0 Å². The summed E-state index contributed by atoms with van der Waals surface area (Å²) in [5.74, 6) is -1.19. The number of rotatable bonds is 3. The molecular formula is C11H9BrF2N2S. The van der Waals surface area contributed by atoms with Crippen molar-refractivity contribution in [2.24, 2.45) is 5.73 Å². The molecule has 2 aromatic rings. The van der Waals surface area contributed by atoms with Crippen molar-refractivity contribution in [3.8, 4) is 0 Å². The van der Waals surface area contributed by atoms with Crippen LogP contribution in [0.4, 0.5) is 8.78 Å². The highest BCUT2D eigenvalue weighted by Gasteiger charge is 2.17. The predicted molar refractivity (Wildman–Crippen MR) is 66.8 cm³/mol. The summed E-state index contributed by atoms with van der Waals surface area (Å²) in [5, 5.41) is 1.78. The van der Waals surface area contributed by atoms with Crippen LogP contribution in [0.2, 0.25) is 0 Å². The van der Waals surface area contributed by atoms with Gasteiger partial charge in [-0.3, -0.25) is 0 Å². The van der Waals surface area contributed by atoms with E-state index >= 15 is 0 Å². The SMILES string of the molecule is NC(Cc1c(F)ccc(Br)c1F)c1cscn1. The van der Waals surface area contributed by atoms with E-state index < -0.39 is 17.7 Å². The summed E-state index contributed by atoms with van der Waals surface area (Å²) < 4.78 is 27.4. The molecule has 0 aliphatic rings. The number of halogens is 3. The molecule has 0 aliphatic heterocycles. The molecule has 1 unspecified atom stereocenters. The van der Waals surface area contributed by atoms with Crippen LogP contribution in [0.3, 0.4) is 0 Å². The maximum atomic E-state index is 13.7. The first-order valence-electron chi connectivity index (χ1n) is 4.85. The van der Waals surface area contributed by atoms with Gasteiger partial charge in [0.25, 0.3) is 0 Å². The number of nitrogens with two attached hydrogens (primary N) is 1. The molecule has 0 amide bonds. The number of aromatic nitrogens is 1. The van der Waals surface area contributed by atoms with Crippen molar-refractivity contribution < 1.29 is 8.78 Å². The lowest BCUT2D eigenvalue weighted by molar-refractivity contribution is 0.534. The minimum atomic E-state index is -0.601. The summed E-state index contributed by atoms with van der Waals surface area (Å²) in [4.78, 5) is 4.03. The molecule has 0 spiro atoms. The molecule has 2 nitrogen and oxygen atoms in total. The first-order chi connectivity index (χ1) is 8.09. The molecule has 2 rings (SSSR count). The lowest BCUT2D eigenvalue weighted by atomic mass is 10.0. The lowest BCUT2D eigenvalue weighted by Crippen LogP contribution is -2.15. The van der Waals surface area contributed by atoms with Gasteiger partial charge in [0.2, 0.25) is 0 Å². The van der Waals surface area contributed by atoms with Crippen LogP contribution in [0.15, 0.2) is 27.5 Å². The quantitative estimate of drug-likeness (QED) is 0.881. The van der Waals surface area contributed by atoms with Crippen LogP contribution in [0.5, 0.6) is 0 Å². The molecular weight excluding hydrogens is 310 g/mol. The van der Waals surface area contributed by atoms with E-state index in [9.17, 15) is 8.78 Å². The lowest BCUT2D eigenvalue weighted by Gasteiger charge is -2.11. The molecule has 0 radical (unpaired) electrons. The minimum Gasteiger partial charge on any atom is -0.322 e. The first-order valence-corrected chi connectivity index (χ1v) is 6.59. The van der Waals surface area contributed by atoms with Crippen molar-refractivity contribution >= 4 is 27.3 Å². The van der Waals surface area contributed by atoms with E-state index in [-0.39, 0.29) is 16.5 Å². The van der Waals surface area contributed by atoms with Gasteiger partial charge in [0.15, 0.2) is 0 Å². The summed E-state index contributed by atoms with van der Waals surface area (Å²) in [6, 6.07) is 2.05. The van der Waals surface area contributed by atoms with Gasteiger partial charge in [0.1, 0.15) is 11.6 Å². The van der Waals surface area contributed by atoms with Gasteiger partial charge in [-0.05, 0) is 34.5 Å². The molecule has 1 atom stereocenters. The topological polar surface area (TPSA) is 38.9 Å². The van der Waals surface area contributed by atoms with E-state index in [0.717, 1.165) is 0 Å². The van der Waals surface area contributed by atoms with E-state index in [2.05, 4.69) is 20.9 Å². The second kappa shape index (κ2) is 5.20. The molecule has 0 fully saturated rings.